The first-order valence-electron chi connectivity index (χ1n) is 17.5. The first-order valence-corrected chi connectivity index (χ1v) is 17.5. The molecule has 2 amide bonds. The molecule has 1 saturated carbocycles. The highest BCUT2D eigenvalue weighted by Crippen LogP contribution is 2.33. The standard InChI is InChI=1S/C39H56FN3O5/c1-8-43(21-11-23-47-37-12-9-10-22-46-37)39(45)35(31(7)42-26-44)19-16-33(24-32-14-17-34(40)18-15-32)30(6)38(27(2)3)41-25-29(5)48-36-20-13-28(36)4/h14-15,17-18,25-26,28,33,36-37H,5-6,8-13,16,19-24H2,1-4,7H3,(H,42,44)/b35-31-,41-25-. The normalized spacial score (nSPS) is 20.2. The molecule has 8 nitrogen and oxygen atoms in total. The number of aliphatic imine (C=N–C) groups is 1. The van der Waals surface area contributed by atoms with Crippen molar-refractivity contribution in [3.63, 3.8) is 0 Å². The van der Waals surface area contributed by atoms with E-state index in [1.165, 1.54) is 12.1 Å². The number of carbonyl (C=O) groups is 2. The summed E-state index contributed by atoms with van der Waals surface area (Å²) < 4.78 is 31.3. The number of carbonyl (C=O) groups excluding carboxylic acids is 2. The zero-order chi connectivity index (χ0) is 35.1. The smallest absolute Gasteiger partial charge is 0.251 e. The van der Waals surface area contributed by atoms with E-state index in [2.05, 4.69) is 25.4 Å². The summed E-state index contributed by atoms with van der Waals surface area (Å²) in [6.45, 7) is 20.7. The summed E-state index contributed by atoms with van der Waals surface area (Å²) in [5.74, 6) is 0.456. The average molecular weight is 666 g/mol. The molecule has 1 aromatic carbocycles. The number of allylic oxidation sites excluding steroid dienone is 4. The van der Waals surface area contributed by atoms with E-state index < -0.39 is 0 Å². The van der Waals surface area contributed by atoms with Crippen LogP contribution >= 0.6 is 0 Å². The predicted octanol–water partition coefficient (Wildman–Crippen LogP) is 7.82. The highest BCUT2D eigenvalue weighted by atomic mass is 19.1. The summed E-state index contributed by atoms with van der Waals surface area (Å²) in [6.07, 6.45) is 9.67. The molecule has 48 heavy (non-hydrogen) atoms. The Morgan fingerprint density at radius 1 is 1.17 bits per heavy atom. The van der Waals surface area contributed by atoms with Gasteiger partial charge in [-0.2, -0.15) is 0 Å². The van der Waals surface area contributed by atoms with Gasteiger partial charge in [-0.05, 0) is 121 Å². The Balaban J connectivity index is 1.77. The molecule has 0 aromatic heterocycles. The van der Waals surface area contributed by atoms with Gasteiger partial charge in [-0.3, -0.25) is 14.6 Å². The molecule has 0 spiro atoms. The molecular formula is C39H56FN3O5. The fourth-order valence-electron chi connectivity index (χ4n) is 6.06. The quantitative estimate of drug-likeness (QED) is 0.0383. The minimum atomic E-state index is -0.300. The highest BCUT2D eigenvalue weighted by Gasteiger charge is 2.29. The van der Waals surface area contributed by atoms with Gasteiger partial charge in [-0.15, -0.1) is 0 Å². The lowest BCUT2D eigenvalue weighted by Gasteiger charge is -2.33. The fraction of sp³-hybridized carbons (Fsp3) is 0.564. The largest absolute Gasteiger partial charge is 0.489 e. The third-order valence-corrected chi connectivity index (χ3v) is 9.26. The Hall–Kier alpha value is -3.56. The number of halogens is 1. The highest BCUT2D eigenvalue weighted by molar-refractivity contribution is 5.94. The van der Waals surface area contributed by atoms with Crippen molar-refractivity contribution in [1.29, 1.82) is 0 Å². The molecule has 9 heteroatoms. The summed E-state index contributed by atoms with van der Waals surface area (Å²) in [5, 5.41) is 2.72. The molecule has 2 fully saturated rings. The van der Waals surface area contributed by atoms with E-state index in [4.69, 9.17) is 19.2 Å². The van der Waals surface area contributed by atoms with E-state index in [9.17, 15) is 14.0 Å². The lowest BCUT2D eigenvalue weighted by molar-refractivity contribution is -0.163. The maximum absolute atomic E-state index is 14.0. The summed E-state index contributed by atoms with van der Waals surface area (Å²) in [7, 11) is 0. The number of ether oxygens (including phenoxy) is 3. The topological polar surface area (TPSA) is 89.5 Å². The molecule has 3 rings (SSSR count). The van der Waals surface area contributed by atoms with E-state index in [0.29, 0.717) is 74.7 Å². The molecule has 1 heterocycles. The van der Waals surface area contributed by atoms with Gasteiger partial charge in [0, 0.05) is 31.0 Å². The van der Waals surface area contributed by atoms with Gasteiger partial charge in [0.2, 0.25) is 6.41 Å². The van der Waals surface area contributed by atoms with Gasteiger partial charge >= 0.3 is 0 Å². The van der Waals surface area contributed by atoms with Gasteiger partial charge in [0.05, 0.1) is 18.5 Å². The molecule has 1 aliphatic heterocycles. The monoisotopic (exact) mass is 665 g/mol. The maximum Gasteiger partial charge on any atom is 0.251 e. The summed E-state index contributed by atoms with van der Waals surface area (Å²) in [4.78, 5) is 32.0. The zero-order valence-electron chi connectivity index (χ0n) is 29.7. The van der Waals surface area contributed by atoms with Crippen LogP contribution in [0.4, 0.5) is 4.39 Å². The van der Waals surface area contributed by atoms with Crippen LogP contribution in [0.15, 0.2) is 76.3 Å². The lowest BCUT2D eigenvalue weighted by Crippen LogP contribution is -2.35. The van der Waals surface area contributed by atoms with Gasteiger partial charge in [0.15, 0.2) is 6.29 Å². The Labute approximate surface area is 287 Å². The number of nitrogens with zero attached hydrogens (tertiary/aromatic N) is 2. The van der Waals surface area contributed by atoms with Crippen LogP contribution in [0.2, 0.25) is 0 Å². The Morgan fingerprint density at radius 3 is 2.50 bits per heavy atom. The molecule has 4 unspecified atom stereocenters. The second kappa shape index (κ2) is 20.1. The van der Waals surface area contributed by atoms with Gasteiger partial charge in [0.25, 0.3) is 5.91 Å². The van der Waals surface area contributed by atoms with E-state index in [1.54, 1.807) is 30.2 Å². The molecule has 1 aromatic rings. The van der Waals surface area contributed by atoms with E-state index in [-0.39, 0.29) is 30.0 Å². The van der Waals surface area contributed by atoms with Crippen molar-refractivity contribution in [2.24, 2.45) is 16.8 Å². The molecular weight excluding hydrogens is 609 g/mol. The van der Waals surface area contributed by atoms with E-state index >= 15 is 0 Å². The van der Waals surface area contributed by atoms with Gasteiger partial charge < -0.3 is 24.4 Å². The van der Waals surface area contributed by atoms with Gasteiger partial charge in [-0.25, -0.2) is 4.39 Å². The van der Waals surface area contributed by atoms with Crippen molar-refractivity contribution in [1.82, 2.24) is 10.2 Å². The van der Waals surface area contributed by atoms with E-state index in [1.807, 2.05) is 20.8 Å². The maximum atomic E-state index is 14.0. The number of rotatable bonds is 20. The molecule has 0 bridgehead atoms. The van der Waals surface area contributed by atoms with Crippen LogP contribution in [0.3, 0.4) is 0 Å². The van der Waals surface area contributed by atoms with Crippen molar-refractivity contribution in [3.05, 3.63) is 82.7 Å². The lowest BCUT2D eigenvalue weighted by atomic mass is 9.83. The minimum absolute atomic E-state index is 0.122. The van der Waals surface area contributed by atoms with Crippen LogP contribution in [-0.2, 0) is 30.2 Å². The van der Waals surface area contributed by atoms with Crippen molar-refractivity contribution in [3.8, 4) is 0 Å². The number of likely N-dealkylation sites (N-methyl/N-ethyl adjacent to an activating group) is 1. The van der Waals surface area contributed by atoms with E-state index in [0.717, 1.165) is 61.1 Å². The first kappa shape index (κ1) is 38.9. The van der Waals surface area contributed by atoms with Crippen LogP contribution in [-0.4, -0.2) is 62.1 Å². The first-order chi connectivity index (χ1) is 23.0. The van der Waals surface area contributed by atoms with Crippen molar-refractivity contribution >= 4 is 18.5 Å². The molecule has 0 radical (unpaired) electrons. The number of amides is 2. The number of hydrogen-bond donors (Lipinski definition) is 1. The van der Waals surface area contributed by atoms with Crippen molar-refractivity contribution in [2.45, 2.75) is 105 Å². The predicted molar refractivity (Wildman–Crippen MR) is 190 cm³/mol. The second-order valence-corrected chi connectivity index (χ2v) is 13.1. The molecule has 264 valence electrons. The van der Waals surface area contributed by atoms with Crippen LogP contribution in [0.25, 0.3) is 0 Å². The Morgan fingerprint density at radius 2 is 1.92 bits per heavy atom. The third-order valence-electron chi connectivity index (χ3n) is 9.26. The summed E-state index contributed by atoms with van der Waals surface area (Å²) in [6, 6.07) is 6.45. The molecule has 1 N–H and O–H groups in total. The number of hydrogen-bond acceptors (Lipinski definition) is 6. The minimum Gasteiger partial charge on any atom is -0.489 e. The third kappa shape index (κ3) is 12.2. The van der Waals surface area contributed by atoms with Crippen molar-refractivity contribution < 1.29 is 28.2 Å². The van der Waals surface area contributed by atoms with Crippen LogP contribution in [0.1, 0.15) is 91.5 Å². The number of benzene rings is 1. The van der Waals surface area contributed by atoms with Gasteiger partial charge in [0.1, 0.15) is 17.7 Å². The van der Waals surface area contributed by atoms with Crippen molar-refractivity contribution in [2.75, 3.05) is 26.3 Å². The van der Waals surface area contributed by atoms with Crippen LogP contribution < -0.4 is 5.32 Å². The average Bonchev–Trinajstić information content (AvgIpc) is 3.07. The SMILES string of the molecule is C=C(/C=N\C(C(=C)C(CC/C(C(=O)N(CC)CCCOC1CCCCO1)=C(\C)NC=O)Cc1ccc(F)cc1)=C(C)C)OC1CCC1C. The number of nitrogens with one attached hydrogen (secondary N) is 1. The molecule has 1 saturated heterocycles. The van der Waals surface area contributed by atoms with Crippen LogP contribution in [0, 0.1) is 17.7 Å². The van der Waals surface area contributed by atoms with Crippen LogP contribution in [0.5, 0.6) is 0 Å². The molecule has 1 aliphatic carbocycles. The summed E-state index contributed by atoms with van der Waals surface area (Å²) in [5.41, 5.74) is 4.53. The van der Waals surface area contributed by atoms with Gasteiger partial charge in [-0.1, -0.05) is 37.8 Å². The molecule has 4 atom stereocenters. The second-order valence-electron chi connectivity index (χ2n) is 13.1. The summed E-state index contributed by atoms with van der Waals surface area (Å²) >= 11 is 0. The zero-order valence-corrected chi connectivity index (χ0v) is 29.7. The Bertz CT molecular complexity index is 1330. The fourth-order valence-corrected chi connectivity index (χ4v) is 6.06. The Kier molecular flexibility index (Phi) is 16.3. The molecule has 2 aliphatic rings.